The van der Waals surface area contributed by atoms with E-state index in [0.29, 0.717) is 17.3 Å². The number of aromatic nitrogens is 4. The van der Waals surface area contributed by atoms with Crippen molar-refractivity contribution in [3.05, 3.63) is 53.9 Å². The third kappa shape index (κ3) is 2.41. The molecule has 0 radical (unpaired) electrons. The molecule has 4 rings (SSSR count). The summed E-state index contributed by atoms with van der Waals surface area (Å²) in [5.41, 5.74) is 4.89. The molecule has 1 aromatic carbocycles. The summed E-state index contributed by atoms with van der Waals surface area (Å²) in [5, 5.41) is 17.3. The number of rotatable bonds is 3. The number of aryl methyl sites for hydroxylation is 1. The van der Waals surface area contributed by atoms with E-state index in [9.17, 15) is 5.26 Å². The second kappa shape index (κ2) is 5.64. The van der Waals surface area contributed by atoms with E-state index < -0.39 is 0 Å². The van der Waals surface area contributed by atoms with Crippen LogP contribution in [-0.2, 0) is 0 Å². The Balaban J connectivity index is 1.95. The van der Waals surface area contributed by atoms with Crippen LogP contribution in [0.1, 0.15) is 31.0 Å². The zero-order valence-corrected chi connectivity index (χ0v) is 14.4. The van der Waals surface area contributed by atoms with Crippen molar-refractivity contribution in [2.75, 3.05) is 5.32 Å². The standard InChI is InChI=1S/C19H18N6/c1-12(2)24-11-14(10-21-24)22-18-8-13(3)15(9-20)19-23-16-6-4-5-7-17(16)25(18)19/h4-8,10-12,22H,1-3H3. The maximum atomic E-state index is 9.55. The number of pyridine rings is 1. The van der Waals surface area contributed by atoms with Crippen LogP contribution in [0.5, 0.6) is 0 Å². The third-order valence-corrected chi connectivity index (χ3v) is 4.29. The van der Waals surface area contributed by atoms with Gasteiger partial charge in [-0.1, -0.05) is 12.1 Å². The molecule has 0 aliphatic heterocycles. The molecule has 25 heavy (non-hydrogen) atoms. The molecule has 0 amide bonds. The Labute approximate surface area is 145 Å². The minimum absolute atomic E-state index is 0.298. The summed E-state index contributed by atoms with van der Waals surface area (Å²) in [6, 6.07) is 12.5. The lowest BCUT2D eigenvalue weighted by Crippen LogP contribution is -2.02. The number of hydrogen-bond donors (Lipinski definition) is 1. The van der Waals surface area contributed by atoms with Crippen LogP contribution in [0, 0.1) is 18.3 Å². The number of para-hydroxylation sites is 2. The van der Waals surface area contributed by atoms with Crippen LogP contribution < -0.4 is 5.32 Å². The van der Waals surface area contributed by atoms with Gasteiger partial charge in [-0.3, -0.25) is 9.08 Å². The molecule has 1 N–H and O–H groups in total. The Morgan fingerprint density at radius 2 is 2.04 bits per heavy atom. The molecule has 124 valence electrons. The summed E-state index contributed by atoms with van der Waals surface area (Å²) in [6.07, 6.45) is 3.78. The zero-order chi connectivity index (χ0) is 17.6. The fourth-order valence-electron chi connectivity index (χ4n) is 3.02. The van der Waals surface area contributed by atoms with Crippen molar-refractivity contribution in [1.82, 2.24) is 19.2 Å². The number of nitrogens with zero attached hydrogens (tertiary/aromatic N) is 5. The van der Waals surface area contributed by atoms with E-state index in [-0.39, 0.29) is 0 Å². The van der Waals surface area contributed by atoms with Gasteiger partial charge in [-0.2, -0.15) is 10.4 Å². The van der Waals surface area contributed by atoms with Gasteiger partial charge in [-0.15, -0.1) is 0 Å². The maximum Gasteiger partial charge on any atom is 0.157 e. The first-order chi connectivity index (χ1) is 12.1. The van der Waals surface area contributed by atoms with Crippen molar-refractivity contribution in [3.8, 4) is 6.07 Å². The predicted octanol–water partition coefficient (Wildman–Crippen LogP) is 4.19. The summed E-state index contributed by atoms with van der Waals surface area (Å²) in [7, 11) is 0. The van der Waals surface area contributed by atoms with Gasteiger partial charge in [0, 0.05) is 12.2 Å². The molecular formula is C19H18N6. The van der Waals surface area contributed by atoms with Crippen LogP contribution in [0.4, 0.5) is 11.5 Å². The molecular weight excluding hydrogens is 312 g/mol. The van der Waals surface area contributed by atoms with Crippen LogP contribution in [-0.4, -0.2) is 19.2 Å². The van der Waals surface area contributed by atoms with Gasteiger partial charge in [0.05, 0.1) is 28.5 Å². The molecule has 0 bridgehead atoms. The van der Waals surface area contributed by atoms with Crippen molar-refractivity contribution in [2.45, 2.75) is 26.8 Å². The molecule has 0 saturated heterocycles. The minimum Gasteiger partial charge on any atom is -0.339 e. The van der Waals surface area contributed by atoms with Gasteiger partial charge in [0.1, 0.15) is 11.9 Å². The number of fused-ring (bicyclic) bond motifs is 3. The molecule has 6 heteroatoms. The quantitative estimate of drug-likeness (QED) is 0.611. The maximum absolute atomic E-state index is 9.55. The van der Waals surface area contributed by atoms with E-state index in [4.69, 9.17) is 0 Å². The van der Waals surface area contributed by atoms with E-state index in [0.717, 1.165) is 28.1 Å². The van der Waals surface area contributed by atoms with E-state index in [1.807, 2.05) is 52.5 Å². The molecule has 0 aliphatic rings. The summed E-state index contributed by atoms with van der Waals surface area (Å²) in [4.78, 5) is 4.66. The fourth-order valence-corrected chi connectivity index (χ4v) is 3.02. The Kier molecular flexibility index (Phi) is 3.43. The Bertz CT molecular complexity index is 1130. The molecule has 3 aromatic heterocycles. The van der Waals surface area contributed by atoms with Crippen LogP contribution in [0.25, 0.3) is 16.7 Å². The van der Waals surface area contributed by atoms with Gasteiger partial charge in [0.25, 0.3) is 0 Å². The van der Waals surface area contributed by atoms with E-state index >= 15 is 0 Å². The first kappa shape index (κ1) is 15.2. The number of nitriles is 1. The second-order valence-electron chi connectivity index (χ2n) is 6.39. The molecule has 4 aromatic rings. The lowest BCUT2D eigenvalue weighted by Gasteiger charge is -2.11. The number of hydrogen-bond acceptors (Lipinski definition) is 4. The molecule has 0 unspecified atom stereocenters. The predicted molar refractivity (Wildman–Crippen MR) is 98.0 cm³/mol. The highest BCUT2D eigenvalue weighted by atomic mass is 15.3. The Morgan fingerprint density at radius 3 is 2.76 bits per heavy atom. The van der Waals surface area contributed by atoms with Crippen LogP contribution in [0.2, 0.25) is 0 Å². The van der Waals surface area contributed by atoms with Crippen molar-refractivity contribution < 1.29 is 0 Å². The van der Waals surface area contributed by atoms with E-state index in [1.54, 1.807) is 6.20 Å². The molecule has 0 saturated carbocycles. The first-order valence-corrected chi connectivity index (χ1v) is 8.20. The van der Waals surface area contributed by atoms with Gasteiger partial charge < -0.3 is 5.32 Å². The van der Waals surface area contributed by atoms with Crippen molar-refractivity contribution in [3.63, 3.8) is 0 Å². The number of imidazole rings is 1. The highest BCUT2D eigenvalue weighted by Crippen LogP contribution is 2.28. The number of benzene rings is 1. The van der Waals surface area contributed by atoms with Gasteiger partial charge in [0.2, 0.25) is 0 Å². The number of anilines is 2. The van der Waals surface area contributed by atoms with Gasteiger partial charge in [0.15, 0.2) is 5.65 Å². The smallest absolute Gasteiger partial charge is 0.157 e. The van der Waals surface area contributed by atoms with Gasteiger partial charge in [-0.05, 0) is 44.5 Å². The lowest BCUT2D eigenvalue weighted by atomic mass is 10.1. The molecule has 0 spiro atoms. The highest BCUT2D eigenvalue weighted by Gasteiger charge is 2.15. The number of nitrogens with one attached hydrogen (secondary N) is 1. The summed E-state index contributed by atoms with van der Waals surface area (Å²) in [6.45, 7) is 6.11. The first-order valence-electron chi connectivity index (χ1n) is 8.20. The highest BCUT2D eigenvalue weighted by molar-refractivity contribution is 5.85. The largest absolute Gasteiger partial charge is 0.339 e. The van der Waals surface area contributed by atoms with Crippen molar-refractivity contribution in [2.24, 2.45) is 0 Å². The third-order valence-electron chi connectivity index (χ3n) is 4.29. The van der Waals surface area contributed by atoms with Crippen LogP contribution >= 0.6 is 0 Å². The average Bonchev–Trinajstić information content (AvgIpc) is 3.19. The molecule has 3 heterocycles. The normalized spacial score (nSPS) is 11.3. The fraction of sp³-hybridized carbons (Fsp3) is 0.211. The lowest BCUT2D eigenvalue weighted by molar-refractivity contribution is 0.532. The van der Waals surface area contributed by atoms with Gasteiger partial charge in [-0.25, -0.2) is 4.98 Å². The van der Waals surface area contributed by atoms with E-state index in [1.165, 1.54) is 0 Å². The Hall–Kier alpha value is -3.33. The summed E-state index contributed by atoms with van der Waals surface area (Å²) >= 11 is 0. The molecule has 0 fully saturated rings. The topological polar surface area (TPSA) is 70.9 Å². The SMILES string of the molecule is Cc1cc(Nc2cnn(C(C)C)c2)n2c(nc3ccccc32)c1C#N. The summed E-state index contributed by atoms with van der Waals surface area (Å²) < 4.78 is 3.90. The average molecular weight is 330 g/mol. The van der Waals surface area contributed by atoms with Crippen molar-refractivity contribution in [1.29, 1.82) is 5.26 Å². The van der Waals surface area contributed by atoms with Crippen LogP contribution in [0.3, 0.4) is 0 Å². The zero-order valence-electron chi connectivity index (χ0n) is 14.4. The molecule has 0 atom stereocenters. The van der Waals surface area contributed by atoms with Crippen molar-refractivity contribution >= 4 is 28.2 Å². The monoisotopic (exact) mass is 330 g/mol. The molecule has 6 nitrogen and oxygen atoms in total. The summed E-state index contributed by atoms with van der Waals surface area (Å²) in [5.74, 6) is 0.864. The molecule has 0 aliphatic carbocycles. The minimum atomic E-state index is 0.298. The Morgan fingerprint density at radius 1 is 1.24 bits per heavy atom. The van der Waals surface area contributed by atoms with Gasteiger partial charge >= 0.3 is 0 Å². The second-order valence-corrected chi connectivity index (χ2v) is 6.39. The van der Waals surface area contributed by atoms with Crippen LogP contribution in [0.15, 0.2) is 42.7 Å². The van der Waals surface area contributed by atoms with E-state index in [2.05, 4.69) is 35.3 Å².